The lowest BCUT2D eigenvalue weighted by Gasteiger charge is -2.45. The van der Waals surface area contributed by atoms with Crippen LogP contribution in [-0.4, -0.2) is 68.1 Å². The second-order valence-corrected chi connectivity index (χ2v) is 10.3. The van der Waals surface area contributed by atoms with Crippen molar-refractivity contribution in [2.45, 2.75) is 62.1 Å². The third-order valence-corrected chi connectivity index (χ3v) is 7.80. The molecule has 42 heavy (non-hydrogen) atoms. The second-order valence-electron chi connectivity index (χ2n) is 10.3. The first-order valence-electron chi connectivity index (χ1n) is 13.0. The number of nitrogens with zero attached hydrogens (tertiary/aromatic N) is 1. The van der Waals surface area contributed by atoms with E-state index < -0.39 is 23.9 Å². The van der Waals surface area contributed by atoms with Crippen molar-refractivity contribution in [3.63, 3.8) is 0 Å². The molecule has 1 aliphatic carbocycles. The molecule has 4 rings (SSSR count). The van der Waals surface area contributed by atoms with Crippen LogP contribution in [0, 0.1) is 0 Å². The van der Waals surface area contributed by atoms with Crippen molar-refractivity contribution < 1.29 is 50.5 Å². The maximum absolute atomic E-state index is 12.7. The Hall–Kier alpha value is -3.68. The number of amides is 2. The van der Waals surface area contributed by atoms with Gasteiger partial charge in [-0.1, -0.05) is 18.2 Å². The predicted molar refractivity (Wildman–Crippen MR) is 140 cm³/mol. The van der Waals surface area contributed by atoms with E-state index >= 15 is 0 Å². The smallest absolute Gasteiger partial charge is 0.490 e. The average molecular weight is 606 g/mol. The van der Waals surface area contributed by atoms with E-state index in [0.717, 1.165) is 50.1 Å². The molecule has 1 saturated heterocycles. The molecule has 2 fully saturated rings. The van der Waals surface area contributed by atoms with Gasteiger partial charge in [-0.15, -0.1) is 0 Å². The lowest BCUT2D eigenvalue weighted by Crippen LogP contribution is -2.53. The summed E-state index contributed by atoms with van der Waals surface area (Å²) in [5.41, 5.74) is 1.13. The van der Waals surface area contributed by atoms with Gasteiger partial charge in [-0.2, -0.15) is 26.3 Å². The number of likely N-dealkylation sites (tertiary alicyclic amines) is 1. The van der Waals surface area contributed by atoms with Crippen molar-refractivity contribution >= 4 is 12.0 Å². The number of urea groups is 1. The molecule has 0 unspecified atom stereocenters. The number of nitrogens with one attached hydrogen (secondary N) is 2. The maximum atomic E-state index is 12.7. The van der Waals surface area contributed by atoms with Crippen LogP contribution >= 0.6 is 0 Å². The van der Waals surface area contributed by atoms with Crippen LogP contribution in [-0.2, 0) is 22.9 Å². The monoisotopic (exact) mass is 605 g/mol. The van der Waals surface area contributed by atoms with Crippen molar-refractivity contribution in [3.8, 4) is 11.5 Å². The topological polar surface area (TPSA) is 100 Å². The van der Waals surface area contributed by atoms with Crippen molar-refractivity contribution in [3.05, 3.63) is 59.2 Å². The van der Waals surface area contributed by atoms with Crippen molar-refractivity contribution in [2.75, 3.05) is 27.8 Å². The quantitative estimate of drug-likeness (QED) is 0.384. The minimum Gasteiger partial charge on any atom is -0.493 e. The lowest BCUT2D eigenvalue weighted by molar-refractivity contribution is -0.192. The van der Waals surface area contributed by atoms with E-state index in [1.54, 1.807) is 14.2 Å². The van der Waals surface area contributed by atoms with E-state index in [1.807, 2.05) is 6.07 Å². The molecule has 1 aliphatic heterocycles. The van der Waals surface area contributed by atoms with Crippen molar-refractivity contribution in [1.29, 1.82) is 0 Å². The minimum atomic E-state index is -5.08. The number of benzene rings is 2. The number of carbonyl (C=O) groups excluding carboxylic acids is 1. The number of rotatable bonds is 6. The van der Waals surface area contributed by atoms with Gasteiger partial charge in [0.2, 0.25) is 0 Å². The van der Waals surface area contributed by atoms with E-state index in [9.17, 15) is 31.1 Å². The fraction of sp³-hybridized carbons (Fsp3) is 0.500. The van der Waals surface area contributed by atoms with Gasteiger partial charge < -0.3 is 30.1 Å². The van der Waals surface area contributed by atoms with Gasteiger partial charge in [-0.05, 0) is 74.7 Å². The molecule has 2 aromatic rings. The van der Waals surface area contributed by atoms with Crippen LogP contribution in [0.15, 0.2) is 42.5 Å². The molecule has 1 saturated carbocycles. The number of fused-ring (bicyclic) bond motifs is 1. The van der Waals surface area contributed by atoms with Gasteiger partial charge in [0.1, 0.15) is 0 Å². The van der Waals surface area contributed by atoms with Crippen LogP contribution in [0.2, 0.25) is 0 Å². The SMILES string of the molecule is COc1ccc([C@@]23CC[C@@H](NC(=O)NCc4ccc(C(F)(F)F)cc4)C[C@@H]2N(C)CC3)cc1OC.O=C(O)C(F)(F)F. The summed E-state index contributed by atoms with van der Waals surface area (Å²) < 4.78 is 80.9. The molecule has 232 valence electrons. The summed E-state index contributed by atoms with van der Waals surface area (Å²) in [5, 5.41) is 13.0. The molecule has 0 bridgehead atoms. The summed E-state index contributed by atoms with van der Waals surface area (Å²) in [6.45, 7) is 1.14. The zero-order valence-corrected chi connectivity index (χ0v) is 23.2. The first-order chi connectivity index (χ1) is 19.6. The zero-order chi connectivity index (χ0) is 31.3. The standard InChI is InChI=1S/C26H32F3N3O3.C2HF3O2/c1-32-13-12-25(19-8-9-21(34-2)22(14-19)35-3)11-10-20(15-23(25)32)31-24(33)30-16-17-4-6-18(7-5-17)26(27,28)29;3-2(4,5)1(6)7/h4-9,14,20,23H,10-13,15-16H2,1-3H3,(H2,30,31,33);(H,6,7)/t20-,23+,25+;/m1./s1. The van der Waals surface area contributed by atoms with E-state index in [2.05, 4.69) is 34.7 Å². The molecule has 0 spiro atoms. The number of hydrogen-bond acceptors (Lipinski definition) is 5. The number of ether oxygens (including phenoxy) is 2. The van der Waals surface area contributed by atoms with Crippen LogP contribution in [0.1, 0.15) is 42.4 Å². The first kappa shape index (κ1) is 32.8. The van der Waals surface area contributed by atoms with E-state index in [-0.39, 0.29) is 30.1 Å². The van der Waals surface area contributed by atoms with E-state index in [0.29, 0.717) is 11.3 Å². The van der Waals surface area contributed by atoms with E-state index in [4.69, 9.17) is 19.4 Å². The Morgan fingerprint density at radius 2 is 1.62 bits per heavy atom. The van der Waals surface area contributed by atoms with Crippen molar-refractivity contribution in [2.24, 2.45) is 0 Å². The van der Waals surface area contributed by atoms with Gasteiger partial charge in [0.15, 0.2) is 11.5 Å². The normalized spacial score (nSPS) is 22.3. The third-order valence-electron chi connectivity index (χ3n) is 7.80. The highest BCUT2D eigenvalue weighted by molar-refractivity contribution is 5.74. The Bertz CT molecular complexity index is 1240. The number of hydrogen-bond donors (Lipinski definition) is 3. The summed E-state index contributed by atoms with van der Waals surface area (Å²) in [6.07, 6.45) is -5.83. The zero-order valence-electron chi connectivity index (χ0n) is 23.2. The Balaban J connectivity index is 0.000000616. The highest BCUT2D eigenvalue weighted by Crippen LogP contribution is 2.49. The average Bonchev–Trinajstić information content (AvgIpc) is 3.27. The summed E-state index contributed by atoms with van der Waals surface area (Å²) in [4.78, 5) is 23.8. The molecule has 3 N–H and O–H groups in total. The van der Waals surface area contributed by atoms with Gasteiger partial charge in [-0.25, -0.2) is 9.59 Å². The van der Waals surface area contributed by atoms with Gasteiger partial charge in [0, 0.05) is 24.0 Å². The number of likely N-dealkylation sites (N-methyl/N-ethyl adjacent to an activating group) is 1. The minimum absolute atomic E-state index is 0.0107. The van der Waals surface area contributed by atoms with Crippen LogP contribution < -0.4 is 20.1 Å². The number of carboxylic acids is 1. The summed E-state index contributed by atoms with van der Waals surface area (Å²) >= 11 is 0. The lowest BCUT2D eigenvalue weighted by atomic mass is 9.65. The van der Waals surface area contributed by atoms with Crippen LogP contribution in [0.5, 0.6) is 11.5 Å². The van der Waals surface area contributed by atoms with E-state index in [1.165, 1.54) is 17.7 Å². The molecular formula is C28H33F6N3O5. The third kappa shape index (κ3) is 7.78. The van der Waals surface area contributed by atoms with Crippen LogP contribution in [0.3, 0.4) is 0 Å². The highest BCUT2D eigenvalue weighted by Gasteiger charge is 2.50. The first-order valence-corrected chi connectivity index (χ1v) is 13.0. The number of carboxylic acid groups (broad SMARTS) is 1. The van der Waals surface area contributed by atoms with Gasteiger partial charge in [0.25, 0.3) is 0 Å². The van der Waals surface area contributed by atoms with Gasteiger partial charge in [-0.3, -0.25) is 0 Å². The highest BCUT2D eigenvalue weighted by atomic mass is 19.4. The molecule has 0 radical (unpaired) electrons. The molecule has 0 aromatic heterocycles. The molecule has 8 nitrogen and oxygen atoms in total. The second kappa shape index (κ2) is 13.1. The molecule has 2 amide bonds. The molecular weight excluding hydrogens is 572 g/mol. The predicted octanol–water partition coefficient (Wildman–Crippen LogP) is 5.35. The molecule has 14 heteroatoms. The fourth-order valence-electron chi connectivity index (χ4n) is 5.62. The Labute approximate surface area is 239 Å². The van der Waals surface area contributed by atoms with Gasteiger partial charge in [0.05, 0.1) is 19.8 Å². The summed E-state index contributed by atoms with van der Waals surface area (Å²) in [5.74, 6) is -1.33. The number of carbonyl (C=O) groups is 2. The summed E-state index contributed by atoms with van der Waals surface area (Å²) in [6, 6.07) is 11.0. The largest absolute Gasteiger partial charge is 0.493 e. The molecule has 3 atom stereocenters. The maximum Gasteiger partial charge on any atom is 0.490 e. The molecule has 2 aliphatic rings. The fourth-order valence-corrected chi connectivity index (χ4v) is 5.62. The van der Waals surface area contributed by atoms with Gasteiger partial charge >= 0.3 is 24.4 Å². The van der Waals surface area contributed by atoms with Crippen molar-refractivity contribution in [1.82, 2.24) is 15.5 Å². The number of aliphatic carboxylic acids is 1. The van der Waals surface area contributed by atoms with Crippen LogP contribution in [0.4, 0.5) is 31.1 Å². The molecule has 1 heterocycles. The van der Waals surface area contributed by atoms with Crippen LogP contribution in [0.25, 0.3) is 0 Å². The Morgan fingerprint density at radius 1 is 1.00 bits per heavy atom. The number of halogens is 6. The Kier molecular flexibility index (Phi) is 10.2. The number of methoxy groups -OCH3 is 2. The molecule has 2 aromatic carbocycles. The number of alkyl halides is 6. The summed E-state index contributed by atoms with van der Waals surface area (Å²) in [7, 11) is 5.39. The Morgan fingerprint density at radius 3 is 2.17 bits per heavy atom.